The van der Waals surface area contributed by atoms with E-state index in [4.69, 9.17) is 0 Å². The van der Waals surface area contributed by atoms with Crippen molar-refractivity contribution in [3.63, 3.8) is 0 Å². The van der Waals surface area contributed by atoms with E-state index in [1.807, 2.05) is 18.3 Å². The molecule has 2 heteroatoms. The molecule has 0 aliphatic carbocycles. The Kier molecular flexibility index (Phi) is 3.05. The molecule has 0 aliphatic rings. The van der Waals surface area contributed by atoms with Gasteiger partial charge in [-0.15, -0.1) is 0 Å². The standard InChI is InChI=1S/C9H13NSi/c1-8(2)7-11-9-5-3-4-6-10-9/h3-7H,11H2,1-2H3. The molecule has 0 fully saturated rings. The molecule has 0 saturated carbocycles. The minimum atomic E-state index is -0.232. The molecule has 0 radical (unpaired) electrons. The molecule has 0 saturated heterocycles. The van der Waals surface area contributed by atoms with Gasteiger partial charge in [0, 0.05) is 11.5 Å². The van der Waals surface area contributed by atoms with E-state index in [-0.39, 0.29) is 9.52 Å². The van der Waals surface area contributed by atoms with Crippen LogP contribution in [-0.4, -0.2) is 14.5 Å². The molecular weight excluding hydrogens is 150 g/mol. The van der Waals surface area contributed by atoms with Gasteiger partial charge in [0.1, 0.15) is 9.52 Å². The summed E-state index contributed by atoms with van der Waals surface area (Å²) in [5.74, 6) is 0. The third kappa shape index (κ3) is 3.14. The summed E-state index contributed by atoms with van der Waals surface area (Å²) in [6.45, 7) is 4.27. The molecule has 0 spiro atoms. The van der Waals surface area contributed by atoms with Gasteiger partial charge >= 0.3 is 0 Å². The zero-order chi connectivity index (χ0) is 8.10. The number of pyridine rings is 1. The zero-order valence-electron chi connectivity index (χ0n) is 7.04. The Morgan fingerprint density at radius 1 is 1.45 bits per heavy atom. The summed E-state index contributed by atoms with van der Waals surface area (Å²) in [6, 6.07) is 6.11. The van der Waals surface area contributed by atoms with Crippen molar-refractivity contribution in [3.8, 4) is 0 Å². The van der Waals surface area contributed by atoms with Gasteiger partial charge in [-0.3, -0.25) is 4.98 Å². The number of nitrogens with zero attached hydrogens (tertiary/aromatic N) is 1. The van der Waals surface area contributed by atoms with E-state index < -0.39 is 0 Å². The molecular formula is C9H13NSi. The van der Waals surface area contributed by atoms with Crippen molar-refractivity contribution in [2.24, 2.45) is 0 Å². The van der Waals surface area contributed by atoms with Crippen molar-refractivity contribution in [1.82, 2.24) is 4.98 Å². The van der Waals surface area contributed by atoms with Crippen molar-refractivity contribution < 1.29 is 0 Å². The van der Waals surface area contributed by atoms with E-state index in [0.29, 0.717) is 0 Å². The van der Waals surface area contributed by atoms with E-state index in [9.17, 15) is 0 Å². The van der Waals surface area contributed by atoms with Gasteiger partial charge in [0.15, 0.2) is 0 Å². The summed E-state index contributed by atoms with van der Waals surface area (Å²) in [7, 11) is -0.232. The Labute approximate surface area is 70.0 Å². The zero-order valence-corrected chi connectivity index (χ0v) is 8.46. The average Bonchev–Trinajstić information content (AvgIpc) is 2.03. The number of hydrogen-bond donors (Lipinski definition) is 0. The van der Waals surface area contributed by atoms with Crippen LogP contribution in [0, 0.1) is 0 Å². The molecule has 1 aromatic rings. The second kappa shape index (κ2) is 4.08. The first-order chi connectivity index (χ1) is 5.29. The molecule has 0 N–H and O–H groups in total. The van der Waals surface area contributed by atoms with Gasteiger partial charge in [0.2, 0.25) is 0 Å². The summed E-state index contributed by atoms with van der Waals surface area (Å²) in [5.41, 5.74) is 3.73. The van der Waals surface area contributed by atoms with E-state index in [1.165, 1.54) is 10.9 Å². The van der Waals surface area contributed by atoms with Gasteiger partial charge in [-0.25, -0.2) is 0 Å². The lowest BCUT2D eigenvalue weighted by Crippen LogP contribution is -2.15. The molecule has 1 aromatic heterocycles. The normalized spacial score (nSPS) is 10.4. The minimum absolute atomic E-state index is 0.232. The third-order valence-electron chi connectivity index (χ3n) is 1.45. The molecule has 1 rings (SSSR count). The van der Waals surface area contributed by atoms with Gasteiger partial charge in [-0.1, -0.05) is 17.3 Å². The highest BCUT2D eigenvalue weighted by atomic mass is 28.2. The largest absolute Gasteiger partial charge is 0.266 e. The van der Waals surface area contributed by atoms with Gasteiger partial charge < -0.3 is 0 Å². The Hall–Kier alpha value is -0.893. The highest BCUT2D eigenvalue weighted by molar-refractivity contribution is 6.57. The van der Waals surface area contributed by atoms with Crippen molar-refractivity contribution in [1.29, 1.82) is 0 Å². The van der Waals surface area contributed by atoms with Crippen molar-refractivity contribution >= 4 is 14.8 Å². The van der Waals surface area contributed by atoms with Crippen LogP contribution in [0.4, 0.5) is 0 Å². The summed E-state index contributed by atoms with van der Waals surface area (Å²) in [6.07, 6.45) is 1.86. The second-order valence-corrected chi connectivity index (χ2v) is 4.35. The van der Waals surface area contributed by atoms with Crippen molar-refractivity contribution in [2.45, 2.75) is 13.8 Å². The Morgan fingerprint density at radius 3 is 2.82 bits per heavy atom. The molecule has 1 heterocycles. The predicted molar refractivity (Wildman–Crippen MR) is 51.8 cm³/mol. The lowest BCUT2D eigenvalue weighted by molar-refractivity contribution is 1.38. The molecule has 0 aromatic carbocycles. The summed E-state index contributed by atoms with van der Waals surface area (Å²) >= 11 is 0. The molecule has 1 nitrogen and oxygen atoms in total. The van der Waals surface area contributed by atoms with Crippen LogP contribution in [0.1, 0.15) is 13.8 Å². The quantitative estimate of drug-likeness (QED) is 0.588. The minimum Gasteiger partial charge on any atom is -0.266 e. The SMILES string of the molecule is CC(C)=C[SiH2]c1ccccn1. The fraction of sp³-hybridized carbons (Fsp3) is 0.222. The molecule has 58 valence electrons. The first kappa shape index (κ1) is 8.21. The van der Waals surface area contributed by atoms with Crippen LogP contribution in [0.15, 0.2) is 35.7 Å². The maximum atomic E-state index is 4.27. The summed E-state index contributed by atoms with van der Waals surface area (Å²) in [5, 5.41) is 1.27. The highest BCUT2D eigenvalue weighted by Crippen LogP contribution is 1.85. The van der Waals surface area contributed by atoms with Gasteiger partial charge in [-0.05, 0) is 26.0 Å². The summed E-state index contributed by atoms with van der Waals surface area (Å²) < 4.78 is 0. The predicted octanol–water partition coefficient (Wildman–Crippen LogP) is 0.799. The Morgan fingerprint density at radius 2 is 2.27 bits per heavy atom. The van der Waals surface area contributed by atoms with Crippen LogP contribution in [-0.2, 0) is 0 Å². The molecule has 0 atom stereocenters. The van der Waals surface area contributed by atoms with Crippen molar-refractivity contribution in [3.05, 3.63) is 35.7 Å². The fourth-order valence-corrected chi connectivity index (χ4v) is 1.93. The smallest absolute Gasteiger partial charge is 0.102 e. The van der Waals surface area contributed by atoms with E-state index >= 15 is 0 Å². The van der Waals surface area contributed by atoms with E-state index in [1.54, 1.807) is 0 Å². The van der Waals surface area contributed by atoms with E-state index in [0.717, 1.165) is 0 Å². The molecule has 0 amide bonds. The van der Waals surface area contributed by atoms with Gasteiger partial charge in [0.05, 0.1) is 0 Å². The summed E-state index contributed by atoms with van der Waals surface area (Å²) in [4.78, 5) is 4.27. The first-order valence-corrected chi connectivity index (χ1v) is 5.34. The van der Waals surface area contributed by atoms with Crippen LogP contribution >= 0.6 is 0 Å². The first-order valence-electron chi connectivity index (χ1n) is 3.82. The fourth-order valence-electron chi connectivity index (χ4n) is 0.828. The van der Waals surface area contributed by atoms with Gasteiger partial charge in [-0.2, -0.15) is 0 Å². The topological polar surface area (TPSA) is 12.9 Å². The van der Waals surface area contributed by atoms with Crippen molar-refractivity contribution in [2.75, 3.05) is 0 Å². The second-order valence-electron chi connectivity index (χ2n) is 2.81. The number of hydrogen-bond acceptors (Lipinski definition) is 1. The van der Waals surface area contributed by atoms with Crippen LogP contribution in [0.25, 0.3) is 0 Å². The number of allylic oxidation sites excluding steroid dienone is 1. The maximum Gasteiger partial charge on any atom is 0.102 e. The lowest BCUT2D eigenvalue weighted by atomic mass is 10.4. The third-order valence-corrected chi connectivity index (χ3v) is 3.30. The molecule has 0 unspecified atom stereocenters. The van der Waals surface area contributed by atoms with Gasteiger partial charge in [0.25, 0.3) is 0 Å². The lowest BCUT2D eigenvalue weighted by Gasteiger charge is -1.92. The Balaban J connectivity index is 2.59. The average molecular weight is 163 g/mol. The van der Waals surface area contributed by atoms with E-state index in [2.05, 4.69) is 30.6 Å². The molecule has 0 aliphatic heterocycles. The van der Waals surface area contributed by atoms with Crippen LogP contribution in [0.2, 0.25) is 0 Å². The molecule has 11 heavy (non-hydrogen) atoms. The monoisotopic (exact) mass is 163 g/mol. The number of rotatable bonds is 2. The maximum absolute atomic E-state index is 4.27. The van der Waals surface area contributed by atoms with Crippen LogP contribution < -0.4 is 5.32 Å². The molecule has 0 bridgehead atoms. The Bertz CT molecular complexity index is 237. The highest BCUT2D eigenvalue weighted by Gasteiger charge is 1.88. The van der Waals surface area contributed by atoms with Crippen LogP contribution in [0.5, 0.6) is 0 Å². The number of aromatic nitrogens is 1. The van der Waals surface area contributed by atoms with Crippen LogP contribution in [0.3, 0.4) is 0 Å².